The van der Waals surface area contributed by atoms with Gasteiger partial charge in [-0.05, 0) is 61.3 Å². The van der Waals surface area contributed by atoms with Gasteiger partial charge in [-0.3, -0.25) is 9.69 Å². The lowest BCUT2D eigenvalue weighted by molar-refractivity contribution is -0.148. The van der Waals surface area contributed by atoms with Crippen LogP contribution in [-0.4, -0.2) is 43.5 Å². The lowest BCUT2D eigenvalue weighted by Gasteiger charge is -2.62. The van der Waals surface area contributed by atoms with E-state index in [1.165, 1.54) is 24.8 Å². The minimum Gasteiger partial charge on any atom is -0.379 e. The third-order valence-corrected chi connectivity index (χ3v) is 7.51. The first-order valence-corrected chi connectivity index (χ1v) is 10.1. The zero-order chi connectivity index (χ0) is 16.9. The van der Waals surface area contributed by atoms with E-state index in [0.717, 1.165) is 57.4 Å². The maximum absolute atomic E-state index is 13.5. The van der Waals surface area contributed by atoms with Crippen molar-refractivity contribution in [2.24, 2.45) is 17.3 Å². The van der Waals surface area contributed by atoms with Gasteiger partial charge in [-0.25, -0.2) is 0 Å². The standard InChI is InChI=1S/C22H29NO2/c24-20(15-23-6-8-25-9-7-23)22-13-17-10-18(14-22)12-21(11-17,16-22)19-4-2-1-3-5-19/h1-5,17-18H,6-16H2/t17-,18+,21?,22?. The van der Waals surface area contributed by atoms with E-state index in [2.05, 4.69) is 35.2 Å². The lowest BCUT2D eigenvalue weighted by atomic mass is 9.42. The minimum atomic E-state index is -0.0434. The Labute approximate surface area is 150 Å². The highest BCUT2D eigenvalue weighted by molar-refractivity contribution is 5.87. The van der Waals surface area contributed by atoms with Crippen molar-refractivity contribution in [3.8, 4) is 0 Å². The van der Waals surface area contributed by atoms with Crippen molar-refractivity contribution < 1.29 is 9.53 Å². The molecule has 4 saturated carbocycles. The van der Waals surface area contributed by atoms with E-state index < -0.39 is 0 Å². The molecule has 1 aromatic carbocycles. The molecule has 1 saturated heterocycles. The number of rotatable bonds is 4. The summed E-state index contributed by atoms with van der Waals surface area (Å²) in [5.41, 5.74) is 1.72. The Balaban J connectivity index is 1.43. The Bertz CT molecular complexity index is 635. The van der Waals surface area contributed by atoms with Crippen LogP contribution in [0.2, 0.25) is 0 Å². The van der Waals surface area contributed by atoms with Gasteiger partial charge in [-0.2, -0.15) is 0 Å². The number of Topliss-reactive ketones (excluding diaryl/α,β-unsaturated/α-hetero) is 1. The van der Waals surface area contributed by atoms with Crippen molar-refractivity contribution >= 4 is 5.78 Å². The molecule has 0 amide bonds. The second-order valence-electron chi connectivity index (χ2n) is 9.20. The zero-order valence-corrected chi connectivity index (χ0v) is 15.1. The van der Waals surface area contributed by atoms with Crippen LogP contribution in [0.3, 0.4) is 0 Å². The van der Waals surface area contributed by atoms with Crippen molar-refractivity contribution in [1.82, 2.24) is 4.90 Å². The van der Waals surface area contributed by atoms with Crippen LogP contribution in [0.15, 0.2) is 30.3 Å². The number of nitrogens with zero attached hydrogens (tertiary/aromatic N) is 1. The summed E-state index contributed by atoms with van der Waals surface area (Å²) >= 11 is 0. The van der Waals surface area contributed by atoms with Crippen LogP contribution in [0.5, 0.6) is 0 Å². The molecule has 1 aliphatic heterocycles. The Kier molecular flexibility index (Phi) is 3.79. The number of hydrogen-bond acceptors (Lipinski definition) is 3. The maximum Gasteiger partial charge on any atom is 0.153 e. The number of carbonyl (C=O) groups excluding carboxylic acids is 1. The number of benzene rings is 1. The van der Waals surface area contributed by atoms with Gasteiger partial charge in [0.05, 0.1) is 19.8 Å². The summed E-state index contributed by atoms with van der Waals surface area (Å²) in [6.07, 6.45) is 7.38. The van der Waals surface area contributed by atoms with E-state index in [4.69, 9.17) is 4.74 Å². The highest BCUT2D eigenvalue weighted by Crippen LogP contribution is 2.66. The fourth-order valence-electron chi connectivity index (χ4n) is 6.85. The summed E-state index contributed by atoms with van der Waals surface area (Å²) in [4.78, 5) is 15.8. The van der Waals surface area contributed by atoms with Crippen LogP contribution in [0.4, 0.5) is 0 Å². The number of ketones is 1. The molecule has 0 aromatic heterocycles. The van der Waals surface area contributed by atoms with E-state index in [0.29, 0.717) is 12.3 Å². The van der Waals surface area contributed by atoms with Crippen LogP contribution >= 0.6 is 0 Å². The lowest BCUT2D eigenvalue weighted by Crippen LogP contribution is -2.58. The average molecular weight is 339 g/mol. The summed E-state index contributed by atoms with van der Waals surface area (Å²) in [5, 5.41) is 0. The number of ether oxygens (including phenoxy) is 1. The van der Waals surface area contributed by atoms with Crippen LogP contribution < -0.4 is 0 Å². The monoisotopic (exact) mass is 339 g/mol. The molecule has 1 aromatic rings. The molecule has 4 atom stereocenters. The highest BCUT2D eigenvalue weighted by atomic mass is 16.5. The smallest absolute Gasteiger partial charge is 0.153 e. The van der Waals surface area contributed by atoms with Gasteiger partial charge in [-0.1, -0.05) is 30.3 Å². The van der Waals surface area contributed by atoms with Gasteiger partial charge >= 0.3 is 0 Å². The van der Waals surface area contributed by atoms with Gasteiger partial charge in [0.25, 0.3) is 0 Å². The van der Waals surface area contributed by atoms with Crippen molar-refractivity contribution in [1.29, 1.82) is 0 Å². The normalized spacial score (nSPS) is 40.3. The first kappa shape index (κ1) is 16.0. The topological polar surface area (TPSA) is 29.5 Å². The molecule has 3 nitrogen and oxygen atoms in total. The van der Waals surface area contributed by atoms with Crippen molar-refractivity contribution in [3.05, 3.63) is 35.9 Å². The molecule has 25 heavy (non-hydrogen) atoms. The molecule has 2 unspecified atom stereocenters. The van der Waals surface area contributed by atoms with Crippen LogP contribution in [0.1, 0.15) is 44.1 Å². The van der Waals surface area contributed by atoms with Gasteiger partial charge in [-0.15, -0.1) is 0 Å². The molecular weight excluding hydrogens is 310 g/mol. The SMILES string of the molecule is O=C(CN1CCOCC1)C12C[C@H]3C[C@@H](C1)CC(c1ccccc1)(C3)C2. The number of hydrogen-bond donors (Lipinski definition) is 0. The Hall–Kier alpha value is -1.19. The summed E-state index contributed by atoms with van der Waals surface area (Å²) in [6.45, 7) is 4.03. The van der Waals surface area contributed by atoms with E-state index in [-0.39, 0.29) is 10.8 Å². The molecule has 0 spiro atoms. The summed E-state index contributed by atoms with van der Waals surface area (Å²) in [6, 6.07) is 11.1. The van der Waals surface area contributed by atoms with Crippen LogP contribution in [-0.2, 0) is 14.9 Å². The number of carbonyl (C=O) groups is 1. The fraction of sp³-hybridized carbons (Fsp3) is 0.682. The minimum absolute atomic E-state index is 0.0434. The third-order valence-electron chi connectivity index (χ3n) is 7.51. The fourth-order valence-corrected chi connectivity index (χ4v) is 6.85. The van der Waals surface area contributed by atoms with Crippen LogP contribution in [0.25, 0.3) is 0 Å². The van der Waals surface area contributed by atoms with E-state index in [9.17, 15) is 4.79 Å². The van der Waals surface area contributed by atoms with Gasteiger partial charge < -0.3 is 4.74 Å². The Morgan fingerprint density at radius 2 is 1.72 bits per heavy atom. The van der Waals surface area contributed by atoms with Gasteiger partial charge in [0.15, 0.2) is 5.78 Å². The molecule has 0 radical (unpaired) electrons. The Morgan fingerprint density at radius 1 is 1.04 bits per heavy atom. The molecule has 5 fully saturated rings. The summed E-state index contributed by atoms with van der Waals surface area (Å²) in [5.74, 6) is 2.05. The van der Waals surface area contributed by atoms with E-state index in [1.54, 1.807) is 0 Å². The first-order chi connectivity index (χ1) is 12.2. The predicted molar refractivity (Wildman–Crippen MR) is 97.5 cm³/mol. The van der Waals surface area contributed by atoms with E-state index in [1.807, 2.05) is 0 Å². The third kappa shape index (κ3) is 2.67. The second kappa shape index (κ2) is 5.92. The molecule has 0 N–H and O–H groups in total. The molecule has 134 valence electrons. The summed E-state index contributed by atoms with van der Waals surface area (Å²) < 4.78 is 5.45. The van der Waals surface area contributed by atoms with Crippen molar-refractivity contribution in [2.45, 2.75) is 43.9 Å². The zero-order valence-electron chi connectivity index (χ0n) is 15.1. The molecular formula is C22H29NO2. The maximum atomic E-state index is 13.5. The molecule has 4 bridgehead atoms. The van der Waals surface area contributed by atoms with E-state index >= 15 is 0 Å². The highest BCUT2D eigenvalue weighted by Gasteiger charge is 2.60. The second-order valence-corrected chi connectivity index (χ2v) is 9.20. The first-order valence-electron chi connectivity index (χ1n) is 10.1. The average Bonchev–Trinajstić information content (AvgIpc) is 2.62. The quantitative estimate of drug-likeness (QED) is 0.842. The van der Waals surface area contributed by atoms with Gasteiger partial charge in [0.1, 0.15) is 0 Å². The Morgan fingerprint density at radius 3 is 2.40 bits per heavy atom. The summed E-state index contributed by atoms with van der Waals surface area (Å²) in [7, 11) is 0. The molecule has 5 aliphatic rings. The molecule has 3 heteroatoms. The van der Waals surface area contributed by atoms with Gasteiger partial charge in [0.2, 0.25) is 0 Å². The largest absolute Gasteiger partial charge is 0.379 e. The molecule has 6 rings (SSSR count). The predicted octanol–water partition coefficient (Wildman–Crippen LogP) is 3.43. The number of morpholine rings is 1. The molecule has 1 heterocycles. The van der Waals surface area contributed by atoms with Crippen molar-refractivity contribution in [3.63, 3.8) is 0 Å². The molecule has 4 aliphatic carbocycles. The van der Waals surface area contributed by atoms with Crippen molar-refractivity contribution in [2.75, 3.05) is 32.8 Å². The van der Waals surface area contributed by atoms with Crippen LogP contribution in [0, 0.1) is 17.3 Å². The van der Waals surface area contributed by atoms with Gasteiger partial charge in [0, 0.05) is 18.5 Å².